The van der Waals surface area contributed by atoms with Gasteiger partial charge in [0.2, 0.25) is 5.91 Å². The molecule has 1 saturated carbocycles. The molecular weight excluding hydrogens is 297 g/mol. The van der Waals surface area contributed by atoms with Crippen LogP contribution >= 0.6 is 0 Å². The highest BCUT2D eigenvalue weighted by molar-refractivity contribution is 5.98. The average Bonchev–Trinajstić information content (AvgIpc) is 3.23. The van der Waals surface area contributed by atoms with Crippen molar-refractivity contribution in [2.45, 2.75) is 18.9 Å². The van der Waals surface area contributed by atoms with E-state index in [-0.39, 0.29) is 23.3 Å². The second-order valence-electron chi connectivity index (χ2n) is 5.92. The van der Waals surface area contributed by atoms with E-state index in [2.05, 4.69) is 4.98 Å². The summed E-state index contributed by atoms with van der Waals surface area (Å²) in [5, 5.41) is 0. The third kappa shape index (κ3) is 3.11. The summed E-state index contributed by atoms with van der Waals surface area (Å²) in [5.74, 6) is -0.730. The van der Waals surface area contributed by atoms with Gasteiger partial charge in [0.05, 0.1) is 11.6 Å². The van der Waals surface area contributed by atoms with Crippen LogP contribution in [-0.4, -0.2) is 28.7 Å². The molecule has 23 heavy (non-hydrogen) atoms. The lowest BCUT2D eigenvalue weighted by Gasteiger charge is -2.28. The zero-order valence-corrected chi connectivity index (χ0v) is 12.8. The van der Waals surface area contributed by atoms with Gasteiger partial charge in [-0.05, 0) is 42.5 Å². The van der Waals surface area contributed by atoms with Crippen LogP contribution in [0.3, 0.4) is 0 Å². The molecule has 1 aromatic carbocycles. The predicted molar refractivity (Wildman–Crippen MR) is 83.3 cm³/mol. The quantitative estimate of drug-likeness (QED) is 0.889. The number of carbonyl (C=O) groups excluding carboxylic acids is 2. The Morgan fingerprint density at radius 2 is 1.96 bits per heavy atom. The summed E-state index contributed by atoms with van der Waals surface area (Å²) in [6.07, 6.45) is 3.50. The predicted octanol–water partition coefficient (Wildman–Crippen LogP) is 2.48. The van der Waals surface area contributed by atoms with Gasteiger partial charge < -0.3 is 15.6 Å². The minimum atomic E-state index is -0.583. The summed E-state index contributed by atoms with van der Waals surface area (Å²) >= 11 is 0. The van der Waals surface area contributed by atoms with Crippen LogP contribution < -0.4 is 5.73 Å². The van der Waals surface area contributed by atoms with Crippen molar-refractivity contribution in [2.75, 3.05) is 7.05 Å². The van der Waals surface area contributed by atoms with Gasteiger partial charge in [-0.25, -0.2) is 4.39 Å². The fourth-order valence-corrected chi connectivity index (χ4v) is 2.86. The largest absolute Gasteiger partial charge is 0.366 e. The molecule has 1 aliphatic carbocycles. The van der Waals surface area contributed by atoms with Crippen molar-refractivity contribution < 1.29 is 14.0 Å². The molecule has 0 spiro atoms. The highest BCUT2D eigenvalue weighted by Crippen LogP contribution is 2.44. The van der Waals surface area contributed by atoms with Crippen molar-refractivity contribution in [3.05, 3.63) is 59.2 Å². The summed E-state index contributed by atoms with van der Waals surface area (Å²) in [5.41, 5.74) is 6.70. The van der Waals surface area contributed by atoms with E-state index in [4.69, 9.17) is 5.73 Å². The topological polar surface area (TPSA) is 79.2 Å². The first kappa shape index (κ1) is 15.3. The van der Waals surface area contributed by atoms with Crippen LogP contribution in [0.5, 0.6) is 0 Å². The number of nitrogens with one attached hydrogen (secondary N) is 1. The Morgan fingerprint density at radius 1 is 1.30 bits per heavy atom. The minimum Gasteiger partial charge on any atom is -0.366 e. The Kier molecular flexibility index (Phi) is 3.90. The van der Waals surface area contributed by atoms with Gasteiger partial charge in [0.25, 0.3) is 5.91 Å². The molecule has 3 rings (SSSR count). The lowest BCUT2D eigenvalue weighted by Crippen LogP contribution is -2.32. The van der Waals surface area contributed by atoms with E-state index in [1.807, 2.05) is 0 Å². The maximum absolute atomic E-state index is 13.1. The van der Waals surface area contributed by atoms with Crippen LogP contribution in [-0.2, 0) is 0 Å². The summed E-state index contributed by atoms with van der Waals surface area (Å²) < 4.78 is 13.1. The molecular formula is C17H18FN3O2. The van der Waals surface area contributed by atoms with Crippen molar-refractivity contribution in [1.29, 1.82) is 0 Å². The molecule has 1 atom stereocenters. The number of hydrogen-bond donors (Lipinski definition) is 2. The number of benzene rings is 1. The first-order valence-corrected chi connectivity index (χ1v) is 7.48. The molecule has 6 heteroatoms. The Labute approximate surface area is 133 Å². The monoisotopic (exact) mass is 315 g/mol. The molecule has 3 N–H and O–H groups in total. The second kappa shape index (κ2) is 5.87. The van der Waals surface area contributed by atoms with Crippen molar-refractivity contribution >= 4 is 11.8 Å². The minimum absolute atomic E-state index is 0.108. The number of aromatic amines is 1. The molecule has 2 aromatic rings. The fourth-order valence-electron chi connectivity index (χ4n) is 2.86. The van der Waals surface area contributed by atoms with Crippen molar-refractivity contribution in [1.82, 2.24) is 9.88 Å². The van der Waals surface area contributed by atoms with E-state index in [1.165, 1.54) is 24.4 Å². The van der Waals surface area contributed by atoms with Gasteiger partial charge in [-0.15, -0.1) is 0 Å². The molecule has 0 saturated heterocycles. The third-order valence-corrected chi connectivity index (χ3v) is 4.22. The Morgan fingerprint density at radius 3 is 2.48 bits per heavy atom. The van der Waals surface area contributed by atoms with Crippen molar-refractivity contribution in [2.24, 2.45) is 11.7 Å². The van der Waals surface area contributed by atoms with E-state index in [0.717, 1.165) is 18.4 Å². The Balaban J connectivity index is 1.85. The first-order valence-electron chi connectivity index (χ1n) is 7.48. The average molecular weight is 315 g/mol. The smallest absolute Gasteiger partial charge is 0.270 e. The summed E-state index contributed by atoms with van der Waals surface area (Å²) in [6, 6.07) is 7.59. The van der Waals surface area contributed by atoms with E-state index in [0.29, 0.717) is 11.6 Å². The highest BCUT2D eigenvalue weighted by atomic mass is 19.1. The SMILES string of the molecule is CN(C(=O)c1cc(C(N)=O)c[nH]1)C(c1ccc(F)cc1)C1CC1. The molecule has 0 aliphatic heterocycles. The lowest BCUT2D eigenvalue weighted by molar-refractivity contribution is 0.0705. The molecule has 0 bridgehead atoms. The van der Waals surface area contributed by atoms with E-state index in [9.17, 15) is 14.0 Å². The van der Waals surface area contributed by atoms with E-state index >= 15 is 0 Å². The molecule has 1 heterocycles. The molecule has 1 unspecified atom stereocenters. The molecule has 1 aliphatic rings. The summed E-state index contributed by atoms with van der Waals surface area (Å²) in [4.78, 5) is 28.2. The highest BCUT2D eigenvalue weighted by Gasteiger charge is 2.37. The van der Waals surface area contributed by atoms with Gasteiger partial charge in [0.1, 0.15) is 11.5 Å². The number of nitrogens with zero attached hydrogens (tertiary/aromatic N) is 1. The lowest BCUT2D eigenvalue weighted by atomic mass is 10.0. The number of nitrogens with two attached hydrogens (primary N) is 1. The molecule has 1 aromatic heterocycles. The van der Waals surface area contributed by atoms with Crippen LogP contribution in [0.1, 0.15) is 45.3 Å². The standard InChI is InChI=1S/C17H18FN3O2/c1-21(17(23)14-8-12(9-20-14)16(19)22)15(10-2-3-10)11-4-6-13(18)7-5-11/h4-10,15,20H,2-3H2,1H3,(H2,19,22). The van der Waals surface area contributed by atoms with E-state index < -0.39 is 5.91 Å². The van der Waals surface area contributed by atoms with Gasteiger partial charge in [-0.1, -0.05) is 12.1 Å². The zero-order chi connectivity index (χ0) is 16.6. The van der Waals surface area contributed by atoms with Gasteiger partial charge in [-0.2, -0.15) is 0 Å². The second-order valence-corrected chi connectivity index (χ2v) is 5.92. The number of primary amides is 1. The van der Waals surface area contributed by atoms with Gasteiger partial charge in [0.15, 0.2) is 0 Å². The number of carbonyl (C=O) groups is 2. The summed E-state index contributed by atoms with van der Waals surface area (Å²) in [6.45, 7) is 0. The molecule has 120 valence electrons. The van der Waals surface area contributed by atoms with Crippen LogP contribution in [0, 0.1) is 11.7 Å². The Bertz CT molecular complexity index is 735. The number of amides is 2. The normalized spacial score (nSPS) is 15.2. The van der Waals surface area contributed by atoms with Crippen LogP contribution in [0.4, 0.5) is 4.39 Å². The molecule has 1 fully saturated rings. The first-order chi connectivity index (χ1) is 11.0. The van der Waals surface area contributed by atoms with Crippen LogP contribution in [0.15, 0.2) is 36.5 Å². The van der Waals surface area contributed by atoms with Crippen molar-refractivity contribution in [3.8, 4) is 0 Å². The number of aromatic nitrogens is 1. The summed E-state index contributed by atoms with van der Waals surface area (Å²) in [7, 11) is 1.72. The van der Waals surface area contributed by atoms with Gasteiger partial charge in [-0.3, -0.25) is 9.59 Å². The molecule has 0 radical (unpaired) electrons. The van der Waals surface area contributed by atoms with Gasteiger partial charge in [0, 0.05) is 13.2 Å². The maximum atomic E-state index is 13.1. The van der Waals surface area contributed by atoms with Crippen LogP contribution in [0.25, 0.3) is 0 Å². The number of rotatable bonds is 5. The number of hydrogen-bond acceptors (Lipinski definition) is 2. The number of H-pyrrole nitrogens is 1. The van der Waals surface area contributed by atoms with Gasteiger partial charge >= 0.3 is 0 Å². The maximum Gasteiger partial charge on any atom is 0.270 e. The molecule has 5 nitrogen and oxygen atoms in total. The third-order valence-electron chi connectivity index (χ3n) is 4.22. The molecule has 2 amide bonds. The van der Waals surface area contributed by atoms with Crippen molar-refractivity contribution in [3.63, 3.8) is 0 Å². The van der Waals surface area contributed by atoms with Crippen LogP contribution in [0.2, 0.25) is 0 Å². The fraction of sp³-hybridized carbons (Fsp3) is 0.294. The van der Waals surface area contributed by atoms with E-state index in [1.54, 1.807) is 24.1 Å². The Hall–Kier alpha value is -2.63. The number of halogens is 1. The zero-order valence-electron chi connectivity index (χ0n) is 12.8.